The molecule has 4 amide bonds. The van der Waals surface area contributed by atoms with E-state index in [2.05, 4.69) is 52.3 Å². The van der Waals surface area contributed by atoms with Crippen molar-refractivity contribution in [2.75, 3.05) is 4.90 Å². The number of anilines is 1. The summed E-state index contributed by atoms with van der Waals surface area (Å²) in [5, 5.41) is 4.70. The average molecular weight is 570 g/mol. The molecule has 0 unspecified atom stereocenters. The summed E-state index contributed by atoms with van der Waals surface area (Å²) in [7, 11) is 0. The second kappa shape index (κ2) is 9.53. The lowest BCUT2D eigenvalue weighted by Crippen LogP contribution is -2.54. The highest BCUT2D eigenvalue weighted by Crippen LogP contribution is 2.60. The lowest BCUT2D eigenvalue weighted by molar-refractivity contribution is -0.122. The molecule has 216 valence electrons. The number of fused-ring (bicyclic) bond motifs is 1. The minimum Gasteiger partial charge on any atom is -0.318 e. The standard InChI is InChI=1S/C37H35N3O3/c1-22-13-29(23(2)39(22)32-10-7-27-5-3-4-6-28(27)17-32)18-33-34(41)38-36(43)40(35(33)42)31-11-8-30(9-12-31)37-19-24-14-25(20-37)16-26(15-24)21-37/h3-13,17-18,24-26H,14-16,19-21H2,1-2H3,(H,38,41,43)/b33-18+. The van der Waals surface area contributed by atoms with Crippen LogP contribution < -0.4 is 10.2 Å². The highest BCUT2D eigenvalue weighted by Gasteiger charge is 2.51. The number of carbonyl (C=O) groups is 3. The van der Waals surface area contributed by atoms with E-state index in [4.69, 9.17) is 0 Å². The summed E-state index contributed by atoms with van der Waals surface area (Å²) in [4.78, 5) is 40.8. The number of barbiturate groups is 1. The smallest absolute Gasteiger partial charge is 0.318 e. The lowest BCUT2D eigenvalue weighted by Gasteiger charge is -2.57. The highest BCUT2D eigenvalue weighted by molar-refractivity contribution is 6.39. The minimum absolute atomic E-state index is 0.0523. The Labute approximate surface area is 251 Å². The van der Waals surface area contributed by atoms with Crippen LogP contribution >= 0.6 is 0 Å². The van der Waals surface area contributed by atoms with Gasteiger partial charge in [-0.3, -0.25) is 14.9 Å². The number of urea groups is 1. The minimum atomic E-state index is -0.712. The summed E-state index contributed by atoms with van der Waals surface area (Å²) in [6.45, 7) is 3.99. The Hall–Kier alpha value is -4.45. The van der Waals surface area contributed by atoms with Gasteiger partial charge in [-0.1, -0.05) is 42.5 Å². The summed E-state index contributed by atoms with van der Waals surface area (Å²) in [6, 6.07) is 23.8. The van der Waals surface area contributed by atoms with Crippen molar-refractivity contribution in [3.05, 3.63) is 101 Å². The number of benzene rings is 3. The molecule has 1 N–H and O–H groups in total. The Morgan fingerprint density at radius 1 is 0.767 bits per heavy atom. The molecule has 4 bridgehead atoms. The molecular formula is C37H35N3O3. The molecule has 4 aliphatic carbocycles. The number of aryl methyl sites for hydroxylation is 1. The van der Waals surface area contributed by atoms with Crippen LogP contribution in [0.1, 0.15) is 61.0 Å². The lowest BCUT2D eigenvalue weighted by atomic mass is 9.48. The molecule has 4 saturated carbocycles. The fraction of sp³-hybridized carbons (Fsp3) is 0.324. The van der Waals surface area contributed by atoms with E-state index in [9.17, 15) is 14.4 Å². The van der Waals surface area contributed by atoms with Crippen molar-refractivity contribution in [3.8, 4) is 5.69 Å². The number of nitrogens with zero attached hydrogens (tertiary/aromatic N) is 2. The van der Waals surface area contributed by atoms with Crippen LogP contribution in [0.2, 0.25) is 0 Å². The van der Waals surface area contributed by atoms with Crippen molar-refractivity contribution in [2.24, 2.45) is 17.8 Å². The number of amides is 4. The number of carbonyl (C=O) groups excluding carboxylic acids is 3. The average Bonchev–Trinajstić information content (AvgIpc) is 3.26. The Balaban J connectivity index is 1.10. The van der Waals surface area contributed by atoms with E-state index in [0.717, 1.165) is 56.1 Å². The zero-order valence-corrected chi connectivity index (χ0v) is 24.6. The van der Waals surface area contributed by atoms with E-state index < -0.39 is 17.8 Å². The second-order valence-electron chi connectivity index (χ2n) is 13.4. The second-order valence-corrected chi connectivity index (χ2v) is 13.4. The molecular weight excluding hydrogens is 534 g/mol. The maximum absolute atomic E-state index is 13.7. The number of nitrogens with one attached hydrogen (secondary N) is 1. The fourth-order valence-corrected chi connectivity index (χ4v) is 9.12. The normalized spacial score (nSPS) is 27.4. The number of imide groups is 2. The van der Waals surface area contributed by atoms with Gasteiger partial charge in [0.15, 0.2) is 0 Å². The van der Waals surface area contributed by atoms with Gasteiger partial charge in [0.2, 0.25) is 0 Å². The van der Waals surface area contributed by atoms with E-state index in [1.165, 1.54) is 44.1 Å². The molecule has 0 spiro atoms. The first-order chi connectivity index (χ1) is 20.8. The molecule has 2 heterocycles. The maximum Gasteiger partial charge on any atom is 0.335 e. The van der Waals surface area contributed by atoms with Gasteiger partial charge in [-0.25, -0.2) is 9.69 Å². The van der Waals surface area contributed by atoms with E-state index in [1.807, 2.05) is 44.2 Å². The van der Waals surface area contributed by atoms with Crippen molar-refractivity contribution in [1.82, 2.24) is 9.88 Å². The zero-order valence-electron chi connectivity index (χ0n) is 24.6. The van der Waals surface area contributed by atoms with Gasteiger partial charge in [-0.15, -0.1) is 0 Å². The molecule has 1 aromatic heterocycles. The zero-order chi connectivity index (χ0) is 29.5. The fourth-order valence-electron chi connectivity index (χ4n) is 9.12. The summed E-state index contributed by atoms with van der Waals surface area (Å²) in [6.07, 6.45) is 9.51. The number of rotatable bonds is 4. The molecule has 6 heteroatoms. The number of hydrogen-bond acceptors (Lipinski definition) is 3. The molecule has 5 fully saturated rings. The summed E-state index contributed by atoms with van der Waals surface area (Å²) in [5.41, 5.74) is 5.65. The Kier molecular flexibility index (Phi) is 5.81. The molecule has 0 atom stereocenters. The van der Waals surface area contributed by atoms with Crippen LogP contribution in [-0.4, -0.2) is 22.4 Å². The first-order valence-electron chi connectivity index (χ1n) is 15.5. The molecule has 5 aliphatic rings. The molecule has 9 rings (SSSR count). The molecule has 0 radical (unpaired) electrons. The number of hydrogen-bond donors (Lipinski definition) is 1. The van der Waals surface area contributed by atoms with Gasteiger partial charge >= 0.3 is 6.03 Å². The van der Waals surface area contributed by atoms with Crippen LogP contribution in [0.5, 0.6) is 0 Å². The van der Waals surface area contributed by atoms with Gasteiger partial charge in [-0.2, -0.15) is 0 Å². The quantitative estimate of drug-likeness (QED) is 0.206. The first-order valence-corrected chi connectivity index (χ1v) is 15.5. The molecule has 4 aromatic rings. The van der Waals surface area contributed by atoms with E-state index in [-0.39, 0.29) is 11.0 Å². The molecule has 6 nitrogen and oxygen atoms in total. The van der Waals surface area contributed by atoms with Crippen LogP contribution in [0.4, 0.5) is 10.5 Å². The first kappa shape index (κ1) is 26.2. The van der Waals surface area contributed by atoms with E-state index >= 15 is 0 Å². The van der Waals surface area contributed by atoms with Crippen LogP contribution in [0, 0.1) is 31.6 Å². The van der Waals surface area contributed by atoms with Gasteiger partial charge in [0.25, 0.3) is 11.8 Å². The molecule has 3 aromatic carbocycles. The van der Waals surface area contributed by atoms with Crippen LogP contribution in [0.15, 0.2) is 78.4 Å². The van der Waals surface area contributed by atoms with Crippen LogP contribution in [0.25, 0.3) is 22.5 Å². The van der Waals surface area contributed by atoms with Gasteiger partial charge in [0.05, 0.1) is 5.69 Å². The predicted molar refractivity (Wildman–Crippen MR) is 168 cm³/mol. The summed E-state index contributed by atoms with van der Waals surface area (Å²) in [5.74, 6) is 1.23. The molecule has 1 saturated heterocycles. The topological polar surface area (TPSA) is 71.4 Å². The van der Waals surface area contributed by atoms with Gasteiger partial charge < -0.3 is 4.57 Å². The van der Waals surface area contributed by atoms with Gasteiger partial charge in [0, 0.05) is 17.1 Å². The molecule has 43 heavy (non-hydrogen) atoms. The highest BCUT2D eigenvalue weighted by atomic mass is 16.2. The third kappa shape index (κ3) is 4.18. The van der Waals surface area contributed by atoms with Gasteiger partial charge in [0.1, 0.15) is 5.57 Å². The number of aromatic nitrogens is 1. The van der Waals surface area contributed by atoms with Gasteiger partial charge in [-0.05, 0) is 134 Å². The Morgan fingerprint density at radius 2 is 1.40 bits per heavy atom. The molecule has 1 aliphatic heterocycles. The van der Waals surface area contributed by atoms with Crippen molar-refractivity contribution in [1.29, 1.82) is 0 Å². The maximum atomic E-state index is 13.7. The third-order valence-corrected chi connectivity index (χ3v) is 10.6. The summed E-state index contributed by atoms with van der Waals surface area (Å²) < 4.78 is 2.12. The van der Waals surface area contributed by atoms with Crippen molar-refractivity contribution < 1.29 is 14.4 Å². The Bertz CT molecular complexity index is 1830. The predicted octanol–water partition coefficient (Wildman–Crippen LogP) is 7.38. The summed E-state index contributed by atoms with van der Waals surface area (Å²) >= 11 is 0. The van der Waals surface area contributed by atoms with Crippen molar-refractivity contribution in [2.45, 2.75) is 57.8 Å². The van der Waals surface area contributed by atoms with Crippen LogP contribution in [0.3, 0.4) is 0 Å². The van der Waals surface area contributed by atoms with E-state index in [0.29, 0.717) is 5.69 Å². The van der Waals surface area contributed by atoms with Crippen LogP contribution in [-0.2, 0) is 15.0 Å². The van der Waals surface area contributed by atoms with E-state index in [1.54, 1.807) is 6.08 Å². The van der Waals surface area contributed by atoms with Crippen molar-refractivity contribution in [3.63, 3.8) is 0 Å². The Morgan fingerprint density at radius 3 is 2.07 bits per heavy atom. The monoisotopic (exact) mass is 569 g/mol. The largest absolute Gasteiger partial charge is 0.335 e. The third-order valence-electron chi connectivity index (χ3n) is 10.6. The van der Waals surface area contributed by atoms with Crippen molar-refractivity contribution >= 4 is 40.4 Å². The SMILES string of the molecule is Cc1cc(/C=C2\C(=O)NC(=O)N(c3ccc(C45CC6CC(CC(C6)C4)C5)cc3)C2=O)c(C)n1-c1ccc2ccccc2c1.